The molecule has 1 aliphatic carbocycles. The molecule has 8 heteroatoms. The Balaban J connectivity index is 1.45. The molecular formula is C19H26N4O4. The first-order valence-electron chi connectivity index (χ1n) is 9.74. The van der Waals surface area contributed by atoms with E-state index in [-0.39, 0.29) is 23.8 Å². The maximum atomic E-state index is 13.1. The van der Waals surface area contributed by atoms with Gasteiger partial charge in [-0.25, -0.2) is 4.79 Å². The maximum Gasteiger partial charge on any atom is 0.328 e. The highest BCUT2D eigenvalue weighted by molar-refractivity contribution is 5.86. The number of likely N-dealkylation sites (tertiary alicyclic amines) is 2. The first kappa shape index (κ1) is 18.0. The Morgan fingerprint density at radius 1 is 1.22 bits per heavy atom. The first-order valence-corrected chi connectivity index (χ1v) is 9.74. The van der Waals surface area contributed by atoms with Crippen LogP contribution < -0.4 is 11.2 Å². The molecule has 3 fully saturated rings. The summed E-state index contributed by atoms with van der Waals surface area (Å²) in [6, 6.07) is 0. The number of hydrogen-bond acceptors (Lipinski definition) is 4. The van der Waals surface area contributed by atoms with E-state index >= 15 is 0 Å². The van der Waals surface area contributed by atoms with Gasteiger partial charge in [-0.15, -0.1) is 0 Å². The molecule has 0 radical (unpaired) electrons. The first-order chi connectivity index (χ1) is 12.9. The minimum atomic E-state index is -0.500. The molecule has 1 atom stereocenters. The monoisotopic (exact) mass is 374 g/mol. The number of carbonyl (C=O) groups excluding carboxylic acids is 2. The van der Waals surface area contributed by atoms with Crippen molar-refractivity contribution in [3.05, 3.63) is 32.6 Å². The summed E-state index contributed by atoms with van der Waals surface area (Å²) in [5.74, 6) is 0.707. The van der Waals surface area contributed by atoms with E-state index < -0.39 is 16.7 Å². The number of piperidine rings is 1. The molecule has 1 aromatic rings. The van der Waals surface area contributed by atoms with Crippen molar-refractivity contribution >= 4 is 11.8 Å². The summed E-state index contributed by atoms with van der Waals surface area (Å²) >= 11 is 0. The zero-order valence-corrected chi connectivity index (χ0v) is 15.7. The van der Waals surface area contributed by atoms with Gasteiger partial charge in [0, 0.05) is 45.0 Å². The molecule has 146 valence electrons. The van der Waals surface area contributed by atoms with E-state index in [2.05, 4.69) is 4.98 Å². The van der Waals surface area contributed by atoms with Crippen molar-refractivity contribution < 1.29 is 9.59 Å². The van der Waals surface area contributed by atoms with Gasteiger partial charge < -0.3 is 14.8 Å². The highest BCUT2D eigenvalue weighted by Crippen LogP contribution is 2.41. The molecular weight excluding hydrogens is 348 g/mol. The minimum absolute atomic E-state index is 0.0560. The van der Waals surface area contributed by atoms with E-state index in [0.717, 1.165) is 30.5 Å². The molecule has 2 aliphatic heterocycles. The van der Waals surface area contributed by atoms with Gasteiger partial charge in [0.15, 0.2) is 0 Å². The molecule has 27 heavy (non-hydrogen) atoms. The number of hydrogen-bond donors (Lipinski definition) is 1. The third-order valence-corrected chi connectivity index (χ3v) is 6.30. The van der Waals surface area contributed by atoms with Crippen LogP contribution in [0.4, 0.5) is 0 Å². The van der Waals surface area contributed by atoms with Gasteiger partial charge in [0.1, 0.15) is 0 Å². The van der Waals surface area contributed by atoms with Crippen LogP contribution in [-0.2, 0) is 23.1 Å². The van der Waals surface area contributed by atoms with E-state index in [1.54, 1.807) is 4.90 Å². The van der Waals surface area contributed by atoms with Crippen molar-refractivity contribution in [2.75, 3.05) is 26.2 Å². The van der Waals surface area contributed by atoms with Gasteiger partial charge in [0.25, 0.3) is 5.56 Å². The Morgan fingerprint density at radius 2 is 2.00 bits per heavy atom. The number of carbonyl (C=O) groups is 2. The predicted molar refractivity (Wildman–Crippen MR) is 98.2 cm³/mol. The van der Waals surface area contributed by atoms with Crippen molar-refractivity contribution in [2.45, 2.75) is 38.5 Å². The van der Waals surface area contributed by atoms with Crippen LogP contribution in [0, 0.1) is 11.3 Å². The van der Waals surface area contributed by atoms with Crippen LogP contribution >= 0.6 is 0 Å². The molecule has 2 amide bonds. The zero-order chi connectivity index (χ0) is 19.2. The minimum Gasteiger partial charge on any atom is -0.342 e. The number of H-pyrrole nitrogens is 1. The van der Waals surface area contributed by atoms with Crippen LogP contribution in [0.15, 0.2) is 15.8 Å². The standard InChI is InChI=1S/C19H26N4O4/c1-21-16(25)14(10-20-18(21)27)9-15(24)23-8-6-19(12-23)5-2-7-22(17(19)26)11-13-3-4-13/h10,13H,2-9,11-12H2,1H3,(H,20,27)/t19-/m1/s1. The largest absolute Gasteiger partial charge is 0.342 e. The second-order valence-corrected chi connectivity index (χ2v) is 8.30. The van der Waals surface area contributed by atoms with Gasteiger partial charge in [-0.3, -0.25) is 19.0 Å². The third kappa shape index (κ3) is 3.33. The summed E-state index contributed by atoms with van der Waals surface area (Å²) in [6.07, 6.45) is 6.21. The van der Waals surface area contributed by atoms with Gasteiger partial charge in [-0.05, 0) is 38.0 Å². The van der Waals surface area contributed by atoms with E-state index in [1.807, 2.05) is 4.90 Å². The molecule has 1 N–H and O–H groups in total. The normalized spacial score (nSPS) is 25.4. The van der Waals surface area contributed by atoms with Crippen LogP contribution in [0.3, 0.4) is 0 Å². The van der Waals surface area contributed by atoms with Gasteiger partial charge in [-0.1, -0.05) is 0 Å². The topological polar surface area (TPSA) is 95.5 Å². The van der Waals surface area contributed by atoms with Gasteiger partial charge in [-0.2, -0.15) is 0 Å². The third-order valence-electron chi connectivity index (χ3n) is 6.30. The van der Waals surface area contributed by atoms with Gasteiger partial charge >= 0.3 is 5.69 Å². The summed E-state index contributed by atoms with van der Waals surface area (Å²) in [5, 5.41) is 0. The van der Waals surface area contributed by atoms with E-state index in [0.29, 0.717) is 25.4 Å². The summed E-state index contributed by atoms with van der Waals surface area (Å²) < 4.78 is 0.967. The van der Waals surface area contributed by atoms with Crippen molar-refractivity contribution in [1.29, 1.82) is 0 Å². The molecule has 1 spiro atoms. The van der Waals surface area contributed by atoms with Crippen molar-refractivity contribution in [3.8, 4) is 0 Å². The van der Waals surface area contributed by atoms with E-state index in [1.165, 1.54) is 26.1 Å². The van der Waals surface area contributed by atoms with Crippen LogP contribution in [0.5, 0.6) is 0 Å². The summed E-state index contributed by atoms with van der Waals surface area (Å²) in [4.78, 5) is 55.6. The average molecular weight is 374 g/mol. The van der Waals surface area contributed by atoms with Crippen molar-refractivity contribution in [2.24, 2.45) is 18.4 Å². The second-order valence-electron chi connectivity index (χ2n) is 8.30. The molecule has 3 heterocycles. The Morgan fingerprint density at radius 3 is 2.74 bits per heavy atom. The molecule has 4 rings (SSSR count). The number of nitrogens with zero attached hydrogens (tertiary/aromatic N) is 3. The SMILES string of the molecule is Cn1c(=O)[nH]cc(CC(=O)N2CC[C@]3(CCCN(CC4CC4)C3=O)C2)c1=O. The van der Waals surface area contributed by atoms with E-state index in [4.69, 9.17) is 0 Å². The fourth-order valence-electron chi connectivity index (χ4n) is 4.42. The smallest absolute Gasteiger partial charge is 0.328 e. The van der Waals surface area contributed by atoms with E-state index in [9.17, 15) is 19.2 Å². The van der Waals surface area contributed by atoms with Crippen LogP contribution in [0.1, 0.15) is 37.7 Å². The molecule has 1 aromatic heterocycles. The lowest BCUT2D eigenvalue weighted by Crippen LogP contribution is -2.51. The molecule has 0 aromatic carbocycles. The molecule has 0 bridgehead atoms. The Labute approximate surface area is 157 Å². The summed E-state index contributed by atoms with van der Waals surface area (Å²) in [5.41, 5.74) is -1.13. The lowest BCUT2D eigenvalue weighted by Gasteiger charge is -2.39. The molecule has 0 unspecified atom stereocenters. The van der Waals surface area contributed by atoms with Gasteiger partial charge in [0.2, 0.25) is 11.8 Å². The fraction of sp³-hybridized carbons (Fsp3) is 0.684. The molecule has 2 saturated heterocycles. The number of rotatable bonds is 4. The predicted octanol–water partition coefficient (Wildman–Crippen LogP) is -0.133. The van der Waals surface area contributed by atoms with Crippen LogP contribution in [0.2, 0.25) is 0 Å². The number of amides is 2. The molecule has 3 aliphatic rings. The quantitative estimate of drug-likeness (QED) is 0.794. The maximum absolute atomic E-state index is 13.1. The van der Waals surface area contributed by atoms with Crippen LogP contribution in [-0.4, -0.2) is 57.3 Å². The average Bonchev–Trinajstić information content (AvgIpc) is 3.37. The second kappa shape index (κ2) is 6.65. The van der Waals surface area contributed by atoms with Gasteiger partial charge in [0.05, 0.1) is 11.8 Å². The highest BCUT2D eigenvalue weighted by atomic mass is 16.2. The Hall–Kier alpha value is -2.38. The summed E-state index contributed by atoms with van der Waals surface area (Å²) in [7, 11) is 1.38. The fourth-order valence-corrected chi connectivity index (χ4v) is 4.42. The highest BCUT2D eigenvalue weighted by Gasteiger charge is 2.49. The van der Waals surface area contributed by atoms with Crippen molar-refractivity contribution in [3.63, 3.8) is 0 Å². The Bertz CT molecular complexity index is 884. The lowest BCUT2D eigenvalue weighted by molar-refractivity contribution is -0.146. The zero-order valence-electron chi connectivity index (χ0n) is 15.7. The molecule has 1 saturated carbocycles. The van der Waals surface area contributed by atoms with Crippen LogP contribution in [0.25, 0.3) is 0 Å². The number of nitrogens with one attached hydrogen (secondary N) is 1. The lowest BCUT2D eigenvalue weighted by atomic mass is 9.78. The Kier molecular flexibility index (Phi) is 4.44. The summed E-state index contributed by atoms with van der Waals surface area (Å²) in [6.45, 7) is 2.68. The number of aromatic amines is 1. The number of aromatic nitrogens is 2. The molecule has 8 nitrogen and oxygen atoms in total. The van der Waals surface area contributed by atoms with Crippen molar-refractivity contribution in [1.82, 2.24) is 19.4 Å².